The third-order valence-electron chi connectivity index (χ3n) is 3.09. The van der Waals surface area contributed by atoms with Gasteiger partial charge < -0.3 is 10.4 Å². The predicted octanol–water partition coefficient (Wildman–Crippen LogP) is -0.538. The van der Waals surface area contributed by atoms with Crippen molar-refractivity contribution in [2.45, 2.75) is 25.3 Å². The number of carbonyl (C=O) groups is 2. The molecule has 0 aromatic heterocycles. The van der Waals surface area contributed by atoms with E-state index in [9.17, 15) is 9.59 Å². The van der Waals surface area contributed by atoms with Crippen molar-refractivity contribution < 1.29 is 14.7 Å². The molecule has 2 rings (SSSR count). The second-order valence-corrected chi connectivity index (χ2v) is 3.91. The largest absolute Gasteiger partial charge is 0.396 e. The van der Waals surface area contributed by atoms with Crippen molar-refractivity contribution >= 4 is 11.7 Å². The first kappa shape index (κ1) is 8.69. The SMILES string of the molecule is O=C1NC2CCC(CO)CC2C1=O. The number of hydrogen-bond donors (Lipinski definition) is 2. The van der Waals surface area contributed by atoms with E-state index in [0.29, 0.717) is 6.42 Å². The summed E-state index contributed by atoms with van der Waals surface area (Å²) in [6.07, 6.45) is 2.40. The highest BCUT2D eigenvalue weighted by Crippen LogP contribution is 2.32. The molecule has 0 aromatic rings. The van der Waals surface area contributed by atoms with E-state index in [-0.39, 0.29) is 30.3 Å². The first-order valence-electron chi connectivity index (χ1n) is 4.68. The van der Waals surface area contributed by atoms with Gasteiger partial charge >= 0.3 is 0 Å². The van der Waals surface area contributed by atoms with Crippen LogP contribution in [0, 0.1) is 11.8 Å². The van der Waals surface area contributed by atoms with Crippen LogP contribution in [0.4, 0.5) is 0 Å². The summed E-state index contributed by atoms with van der Waals surface area (Å²) in [5, 5.41) is 11.6. The van der Waals surface area contributed by atoms with Crippen molar-refractivity contribution in [3.8, 4) is 0 Å². The van der Waals surface area contributed by atoms with E-state index in [4.69, 9.17) is 5.11 Å². The lowest BCUT2D eigenvalue weighted by atomic mass is 9.78. The van der Waals surface area contributed by atoms with Crippen molar-refractivity contribution in [3.63, 3.8) is 0 Å². The Hall–Kier alpha value is -0.900. The van der Waals surface area contributed by atoms with Crippen LogP contribution in [-0.2, 0) is 9.59 Å². The zero-order chi connectivity index (χ0) is 9.42. The molecule has 1 saturated heterocycles. The fourth-order valence-electron chi connectivity index (χ4n) is 2.29. The molecular weight excluding hydrogens is 170 g/mol. The summed E-state index contributed by atoms with van der Waals surface area (Å²) in [5.41, 5.74) is 0. The second kappa shape index (κ2) is 3.10. The first-order chi connectivity index (χ1) is 6.22. The minimum Gasteiger partial charge on any atom is -0.396 e. The molecule has 0 radical (unpaired) electrons. The molecule has 4 nitrogen and oxygen atoms in total. The van der Waals surface area contributed by atoms with E-state index in [1.54, 1.807) is 0 Å². The van der Waals surface area contributed by atoms with Crippen molar-refractivity contribution in [2.75, 3.05) is 6.61 Å². The summed E-state index contributed by atoms with van der Waals surface area (Å²) in [5.74, 6) is -0.687. The molecule has 1 saturated carbocycles. The molecule has 3 unspecified atom stereocenters. The number of ketones is 1. The van der Waals surface area contributed by atoms with Crippen LogP contribution in [0.3, 0.4) is 0 Å². The number of amides is 1. The van der Waals surface area contributed by atoms with Gasteiger partial charge in [-0.3, -0.25) is 9.59 Å². The van der Waals surface area contributed by atoms with Crippen LogP contribution in [-0.4, -0.2) is 29.4 Å². The molecule has 2 fully saturated rings. The van der Waals surface area contributed by atoms with Gasteiger partial charge in [-0.05, 0) is 25.2 Å². The standard InChI is InChI=1S/C9H13NO3/c11-4-5-1-2-7-6(3-5)8(12)9(13)10-7/h5-7,11H,1-4H2,(H,10,13). The molecule has 0 bridgehead atoms. The average Bonchev–Trinajstić information content (AvgIpc) is 2.43. The highest BCUT2D eigenvalue weighted by atomic mass is 16.3. The number of carbonyl (C=O) groups excluding carboxylic acids is 2. The number of nitrogens with one attached hydrogen (secondary N) is 1. The van der Waals surface area contributed by atoms with Crippen LogP contribution in [0.5, 0.6) is 0 Å². The number of hydrogen-bond acceptors (Lipinski definition) is 3. The topological polar surface area (TPSA) is 66.4 Å². The lowest BCUT2D eigenvalue weighted by Gasteiger charge is -2.28. The summed E-state index contributed by atoms with van der Waals surface area (Å²) < 4.78 is 0. The smallest absolute Gasteiger partial charge is 0.287 e. The Morgan fingerprint density at radius 1 is 1.38 bits per heavy atom. The molecule has 0 spiro atoms. The molecule has 2 aliphatic rings. The Morgan fingerprint density at radius 2 is 2.15 bits per heavy atom. The molecule has 1 aliphatic heterocycles. The van der Waals surface area contributed by atoms with E-state index in [1.165, 1.54) is 0 Å². The van der Waals surface area contributed by atoms with Crippen molar-refractivity contribution in [1.82, 2.24) is 5.32 Å². The van der Waals surface area contributed by atoms with Crippen LogP contribution < -0.4 is 5.32 Å². The van der Waals surface area contributed by atoms with Crippen molar-refractivity contribution in [1.29, 1.82) is 0 Å². The minimum absolute atomic E-state index is 0.0443. The zero-order valence-electron chi connectivity index (χ0n) is 7.32. The van der Waals surface area contributed by atoms with E-state index in [1.807, 2.05) is 0 Å². The Kier molecular flexibility index (Phi) is 2.07. The van der Waals surface area contributed by atoms with E-state index in [2.05, 4.69) is 5.32 Å². The Labute approximate surface area is 76.3 Å². The second-order valence-electron chi connectivity index (χ2n) is 3.91. The van der Waals surface area contributed by atoms with Crippen LogP contribution in [0.1, 0.15) is 19.3 Å². The van der Waals surface area contributed by atoms with Crippen molar-refractivity contribution in [3.05, 3.63) is 0 Å². The molecule has 1 aliphatic carbocycles. The number of fused-ring (bicyclic) bond motifs is 1. The van der Waals surface area contributed by atoms with Crippen molar-refractivity contribution in [2.24, 2.45) is 11.8 Å². The first-order valence-corrected chi connectivity index (χ1v) is 4.68. The molecule has 2 N–H and O–H groups in total. The highest BCUT2D eigenvalue weighted by molar-refractivity contribution is 6.39. The molecule has 1 heterocycles. The fraction of sp³-hybridized carbons (Fsp3) is 0.778. The lowest BCUT2D eigenvalue weighted by molar-refractivity contribution is -0.136. The van der Waals surface area contributed by atoms with E-state index < -0.39 is 5.91 Å². The fourth-order valence-corrected chi connectivity index (χ4v) is 2.29. The molecule has 4 heteroatoms. The monoisotopic (exact) mass is 183 g/mol. The molecule has 1 amide bonds. The van der Waals surface area contributed by atoms with Crippen LogP contribution in [0.15, 0.2) is 0 Å². The summed E-state index contributed by atoms with van der Waals surface area (Å²) in [7, 11) is 0. The summed E-state index contributed by atoms with van der Waals surface area (Å²) in [6, 6.07) is 0.0443. The zero-order valence-corrected chi connectivity index (χ0v) is 7.32. The Bertz CT molecular complexity index is 251. The van der Waals surface area contributed by atoms with Gasteiger partial charge in [0, 0.05) is 18.6 Å². The third kappa shape index (κ3) is 1.35. The van der Waals surface area contributed by atoms with Gasteiger partial charge in [0.05, 0.1) is 0 Å². The average molecular weight is 183 g/mol. The van der Waals surface area contributed by atoms with E-state index >= 15 is 0 Å². The van der Waals surface area contributed by atoms with Crippen LogP contribution >= 0.6 is 0 Å². The molecule has 3 atom stereocenters. The molecular formula is C9H13NO3. The maximum atomic E-state index is 11.3. The molecule has 13 heavy (non-hydrogen) atoms. The van der Waals surface area contributed by atoms with Crippen LogP contribution in [0.2, 0.25) is 0 Å². The summed E-state index contributed by atoms with van der Waals surface area (Å²) >= 11 is 0. The van der Waals surface area contributed by atoms with E-state index in [0.717, 1.165) is 12.8 Å². The maximum Gasteiger partial charge on any atom is 0.287 e. The predicted molar refractivity (Wildman–Crippen MR) is 44.9 cm³/mol. The molecule has 72 valence electrons. The Balaban J connectivity index is 2.09. The normalized spacial score (nSPS) is 38.7. The lowest BCUT2D eigenvalue weighted by Crippen LogP contribution is -2.35. The summed E-state index contributed by atoms with van der Waals surface area (Å²) in [6.45, 7) is 0.130. The molecule has 0 aromatic carbocycles. The quantitative estimate of drug-likeness (QED) is 0.537. The minimum atomic E-state index is -0.436. The van der Waals surface area contributed by atoms with Crippen LogP contribution in [0.25, 0.3) is 0 Å². The third-order valence-corrected chi connectivity index (χ3v) is 3.09. The van der Waals surface area contributed by atoms with Gasteiger partial charge in [-0.25, -0.2) is 0 Å². The van der Waals surface area contributed by atoms with Gasteiger partial charge in [0.2, 0.25) is 5.78 Å². The number of rotatable bonds is 1. The van der Waals surface area contributed by atoms with Gasteiger partial charge in [-0.2, -0.15) is 0 Å². The van der Waals surface area contributed by atoms with Gasteiger partial charge in [0.15, 0.2) is 0 Å². The van der Waals surface area contributed by atoms with Gasteiger partial charge in [0.1, 0.15) is 0 Å². The number of Topliss-reactive ketones (excluding diaryl/α,β-unsaturated/α-hetero) is 1. The summed E-state index contributed by atoms with van der Waals surface area (Å²) in [4.78, 5) is 22.3. The highest BCUT2D eigenvalue weighted by Gasteiger charge is 2.44. The van der Waals surface area contributed by atoms with Gasteiger partial charge in [0.25, 0.3) is 5.91 Å². The van der Waals surface area contributed by atoms with Gasteiger partial charge in [-0.15, -0.1) is 0 Å². The van der Waals surface area contributed by atoms with Gasteiger partial charge in [-0.1, -0.05) is 0 Å². The number of aliphatic hydroxyl groups excluding tert-OH is 1. The number of aliphatic hydroxyl groups is 1. The maximum absolute atomic E-state index is 11.3. The Morgan fingerprint density at radius 3 is 2.85 bits per heavy atom.